The molecule has 0 atom stereocenters. The molecule has 0 unspecified atom stereocenters. The molecule has 3 rings (SSSR count). The molecule has 0 spiro atoms. The maximum atomic E-state index is 12.4. The number of carbonyl (C=O) groups is 1. The Bertz CT molecular complexity index is 648. The molecule has 9 heteroatoms. The van der Waals surface area contributed by atoms with Crippen LogP contribution in [-0.4, -0.2) is 83.5 Å². The number of sulfonamides is 1. The maximum Gasteiger partial charge on any atom is 0.236 e. The normalized spacial score (nSPS) is 20.9. The summed E-state index contributed by atoms with van der Waals surface area (Å²) in [6.07, 6.45) is 4.95. The van der Waals surface area contributed by atoms with E-state index in [1.807, 2.05) is 6.20 Å². The number of rotatable bonds is 3. The number of hydrogen-bond donors (Lipinski definition) is 0. The standard InChI is InChI=1S/C13H21N5O3S/c1-22(20,21)18-8-6-17(7-9-18)13(19)11-15-4-5-16-3-2-14-12(16)10-15/h2-3H,4-11H2,1H3. The van der Waals surface area contributed by atoms with Crippen molar-refractivity contribution in [3.63, 3.8) is 0 Å². The van der Waals surface area contributed by atoms with Crippen molar-refractivity contribution in [1.29, 1.82) is 0 Å². The zero-order valence-electron chi connectivity index (χ0n) is 12.7. The van der Waals surface area contributed by atoms with Gasteiger partial charge in [-0.25, -0.2) is 13.4 Å². The van der Waals surface area contributed by atoms with E-state index in [0.717, 1.165) is 18.9 Å². The zero-order valence-corrected chi connectivity index (χ0v) is 13.5. The largest absolute Gasteiger partial charge is 0.339 e. The monoisotopic (exact) mass is 327 g/mol. The van der Waals surface area contributed by atoms with Crippen LogP contribution in [0.15, 0.2) is 12.4 Å². The van der Waals surface area contributed by atoms with Crippen LogP contribution in [0.1, 0.15) is 5.82 Å². The summed E-state index contributed by atoms with van der Waals surface area (Å²) >= 11 is 0. The molecular formula is C13H21N5O3S. The van der Waals surface area contributed by atoms with E-state index >= 15 is 0 Å². The van der Waals surface area contributed by atoms with Crippen molar-refractivity contribution < 1.29 is 13.2 Å². The van der Waals surface area contributed by atoms with Crippen molar-refractivity contribution in [1.82, 2.24) is 23.7 Å². The number of nitrogens with zero attached hydrogens (tertiary/aromatic N) is 5. The fourth-order valence-corrected chi connectivity index (χ4v) is 3.75. The number of imidazole rings is 1. The van der Waals surface area contributed by atoms with Crippen LogP contribution >= 0.6 is 0 Å². The van der Waals surface area contributed by atoms with Crippen molar-refractivity contribution >= 4 is 15.9 Å². The summed E-state index contributed by atoms with van der Waals surface area (Å²) in [4.78, 5) is 20.5. The third kappa shape index (κ3) is 3.31. The molecule has 2 aliphatic heterocycles. The van der Waals surface area contributed by atoms with Gasteiger partial charge < -0.3 is 9.47 Å². The molecule has 8 nitrogen and oxygen atoms in total. The molecule has 2 aliphatic rings. The lowest BCUT2D eigenvalue weighted by Crippen LogP contribution is -2.52. The van der Waals surface area contributed by atoms with E-state index in [2.05, 4.69) is 14.5 Å². The molecule has 0 radical (unpaired) electrons. The summed E-state index contributed by atoms with van der Waals surface area (Å²) < 4.78 is 26.5. The minimum absolute atomic E-state index is 0.0631. The van der Waals surface area contributed by atoms with Crippen molar-refractivity contribution in [2.75, 3.05) is 45.5 Å². The Morgan fingerprint density at radius 3 is 2.59 bits per heavy atom. The van der Waals surface area contributed by atoms with Crippen LogP contribution in [0.3, 0.4) is 0 Å². The lowest BCUT2D eigenvalue weighted by atomic mass is 10.3. The van der Waals surface area contributed by atoms with Gasteiger partial charge in [-0.2, -0.15) is 4.31 Å². The predicted molar refractivity (Wildman–Crippen MR) is 80.5 cm³/mol. The summed E-state index contributed by atoms with van der Waals surface area (Å²) in [6, 6.07) is 0. The molecule has 1 fully saturated rings. The highest BCUT2D eigenvalue weighted by molar-refractivity contribution is 7.88. The van der Waals surface area contributed by atoms with Gasteiger partial charge in [-0.1, -0.05) is 0 Å². The van der Waals surface area contributed by atoms with Gasteiger partial charge in [-0.3, -0.25) is 9.69 Å². The summed E-state index contributed by atoms with van der Waals surface area (Å²) in [5.74, 6) is 1.05. The third-order valence-corrected chi connectivity index (χ3v) is 5.55. The Hall–Kier alpha value is -1.45. The van der Waals surface area contributed by atoms with Crippen LogP contribution in [0.4, 0.5) is 0 Å². The van der Waals surface area contributed by atoms with Crippen molar-refractivity contribution in [3.05, 3.63) is 18.2 Å². The SMILES string of the molecule is CS(=O)(=O)N1CCN(C(=O)CN2CCn3ccnc3C2)CC1. The van der Waals surface area contributed by atoms with Gasteiger partial charge in [0.15, 0.2) is 0 Å². The van der Waals surface area contributed by atoms with Gasteiger partial charge in [0.05, 0.1) is 19.3 Å². The van der Waals surface area contributed by atoms with Gasteiger partial charge >= 0.3 is 0 Å². The number of fused-ring (bicyclic) bond motifs is 1. The second-order valence-corrected chi connectivity index (χ2v) is 7.77. The molecule has 1 amide bonds. The van der Waals surface area contributed by atoms with Crippen molar-refractivity contribution in [2.45, 2.75) is 13.1 Å². The van der Waals surface area contributed by atoms with E-state index in [4.69, 9.17) is 0 Å². The Labute approximate surface area is 130 Å². The van der Waals surface area contributed by atoms with Crippen LogP contribution in [-0.2, 0) is 27.9 Å². The van der Waals surface area contributed by atoms with Gasteiger partial charge in [-0.15, -0.1) is 0 Å². The second kappa shape index (κ2) is 5.98. The van der Waals surface area contributed by atoms with Gasteiger partial charge in [0.2, 0.25) is 15.9 Å². The highest BCUT2D eigenvalue weighted by Gasteiger charge is 2.27. The molecule has 0 aliphatic carbocycles. The summed E-state index contributed by atoms with van der Waals surface area (Å²) in [5.41, 5.74) is 0. The highest BCUT2D eigenvalue weighted by Crippen LogP contribution is 2.11. The zero-order chi connectivity index (χ0) is 15.7. The van der Waals surface area contributed by atoms with E-state index in [1.54, 1.807) is 11.1 Å². The topological polar surface area (TPSA) is 78.8 Å². The van der Waals surface area contributed by atoms with Crippen LogP contribution in [0.25, 0.3) is 0 Å². The Balaban J connectivity index is 1.51. The van der Waals surface area contributed by atoms with E-state index in [1.165, 1.54) is 10.6 Å². The molecule has 1 saturated heterocycles. The van der Waals surface area contributed by atoms with Crippen molar-refractivity contribution in [2.24, 2.45) is 0 Å². The first-order valence-electron chi connectivity index (χ1n) is 7.39. The van der Waals surface area contributed by atoms with Crippen LogP contribution in [0.2, 0.25) is 0 Å². The number of carbonyl (C=O) groups excluding carboxylic acids is 1. The summed E-state index contributed by atoms with van der Waals surface area (Å²) in [7, 11) is -3.16. The average molecular weight is 327 g/mol. The molecule has 0 bridgehead atoms. The molecule has 1 aromatic heterocycles. The smallest absolute Gasteiger partial charge is 0.236 e. The molecule has 0 saturated carbocycles. The average Bonchev–Trinajstić information content (AvgIpc) is 2.94. The number of amides is 1. The first-order valence-corrected chi connectivity index (χ1v) is 9.23. The molecule has 0 aromatic carbocycles. The van der Waals surface area contributed by atoms with E-state index in [-0.39, 0.29) is 5.91 Å². The fraction of sp³-hybridized carbons (Fsp3) is 0.692. The number of piperazine rings is 1. The van der Waals surface area contributed by atoms with Crippen LogP contribution in [0.5, 0.6) is 0 Å². The van der Waals surface area contributed by atoms with Gasteiger partial charge in [0, 0.05) is 51.7 Å². The van der Waals surface area contributed by atoms with Crippen LogP contribution < -0.4 is 0 Å². The van der Waals surface area contributed by atoms with Crippen LogP contribution in [0, 0.1) is 0 Å². The Morgan fingerprint density at radius 2 is 1.91 bits per heavy atom. The first kappa shape index (κ1) is 15.4. The van der Waals surface area contributed by atoms with E-state index in [0.29, 0.717) is 39.3 Å². The molecule has 1 aromatic rings. The molecular weight excluding hydrogens is 306 g/mol. The third-order valence-electron chi connectivity index (χ3n) is 4.24. The summed E-state index contributed by atoms with van der Waals surface area (Å²) in [6.45, 7) is 4.43. The Kier molecular flexibility index (Phi) is 4.20. The molecule has 122 valence electrons. The lowest BCUT2D eigenvalue weighted by Gasteiger charge is -2.35. The first-order chi connectivity index (χ1) is 10.4. The maximum absolute atomic E-state index is 12.4. The molecule has 22 heavy (non-hydrogen) atoms. The minimum Gasteiger partial charge on any atom is -0.339 e. The number of hydrogen-bond acceptors (Lipinski definition) is 5. The fourth-order valence-electron chi connectivity index (χ4n) is 2.92. The second-order valence-electron chi connectivity index (χ2n) is 5.79. The van der Waals surface area contributed by atoms with Gasteiger partial charge in [-0.05, 0) is 0 Å². The highest BCUT2D eigenvalue weighted by atomic mass is 32.2. The summed E-state index contributed by atoms with van der Waals surface area (Å²) in [5, 5.41) is 0. The lowest BCUT2D eigenvalue weighted by molar-refractivity contribution is -0.134. The van der Waals surface area contributed by atoms with Crippen molar-refractivity contribution in [3.8, 4) is 0 Å². The number of aromatic nitrogens is 2. The van der Waals surface area contributed by atoms with Gasteiger partial charge in [0.1, 0.15) is 5.82 Å². The van der Waals surface area contributed by atoms with E-state index in [9.17, 15) is 13.2 Å². The van der Waals surface area contributed by atoms with Gasteiger partial charge in [0.25, 0.3) is 0 Å². The Morgan fingerprint density at radius 1 is 1.18 bits per heavy atom. The minimum atomic E-state index is -3.16. The molecule has 3 heterocycles. The quantitative estimate of drug-likeness (QED) is 0.697. The van der Waals surface area contributed by atoms with E-state index < -0.39 is 10.0 Å². The molecule has 0 N–H and O–H groups in total. The predicted octanol–water partition coefficient (Wildman–Crippen LogP) is -1.20.